The number of phosphoric ester groups is 2. The lowest BCUT2D eigenvalue weighted by Crippen LogP contribution is -2.38. The van der Waals surface area contributed by atoms with Gasteiger partial charge >= 0.3 is 27.3 Å². The van der Waals surface area contributed by atoms with Crippen LogP contribution in [-0.2, 0) is 48.3 Å². The molecule has 0 saturated carbocycles. The molecular formula is C36H39N11O16P2. The number of amides is 1. The quantitative estimate of drug-likeness (QED) is 0.0283. The Bertz CT molecular complexity index is 2770. The van der Waals surface area contributed by atoms with Crippen LogP contribution >= 0.6 is 15.6 Å². The number of carbonyl (C=O) groups is 2. The number of hydrogen-bond acceptors (Lipinski definition) is 20. The van der Waals surface area contributed by atoms with Crippen LogP contribution in [-0.4, -0.2) is 109 Å². The number of esters is 1. The Labute approximate surface area is 365 Å². The van der Waals surface area contributed by atoms with Crippen molar-refractivity contribution in [3.63, 3.8) is 0 Å². The predicted octanol–water partition coefficient (Wildman–Crippen LogP) is 1.42. The molecule has 2 fully saturated rings. The summed E-state index contributed by atoms with van der Waals surface area (Å²) in [6.07, 6.45) is -5.53. The first-order valence-electron chi connectivity index (χ1n) is 19.1. The van der Waals surface area contributed by atoms with Gasteiger partial charge in [0, 0.05) is 24.6 Å². The highest BCUT2D eigenvalue weighted by Crippen LogP contribution is 2.50. The van der Waals surface area contributed by atoms with Crippen molar-refractivity contribution in [2.75, 3.05) is 24.7 Å². The second-order valence-electron chi connectivity index (χ2n) is 14.2. The molecule has 2 unspecified atom stereocenters. The molecule has 29 heteroatoms. The van der Waals surface area contributed by atoms with Gasteiger partial charge in [0.25, 0.3) is 0 Å². The number of imidazole rings is 1. The third-order valence-corrected chi connectivity index (χ3v) is 11.3. The van der Waals surface area contributed by atoms with Gasteiger partial charge < -0.3 is 55.2 Å². The Morgan fingerprint density at radius 2 is 1.78 bits per heavy atom. The second-order valence-corrected chi connectivity index (χ2v) is 16.8. The Kier molecular flexibility index (Phi) is 14.0. The molecule has 0 bridgehead atoms. The number of benzene rings is 1. The van der Waals surface area contributed by atoms with E-state index in [0.29, 0.717) is 6.42 Å². The van der Waals surface area contributed by atoms with Crippen molar-refractivity contribution in [1.29, 1.82) is 0 Å². The van der Waals surface area contributed by atoms with Crippen LogP contribution in [0.2, 0.25) is 0 Å². The minimum atomic E-state index is -5.27. The van der Waals surface area contributed by atoms with E-state index in [0.717, 1.165) is 10.9 Å². The summed E-state index contributed by atoms with van der Waals surface area (Å²) in [7, 11) is -10.4. The van der Waals surface area contributed by atoms with Crippen LogP contribution in [0.5, 0.6) is 0 Å². The molecule has 27 nitrogen and oxygen atoms in total. The topological polar surface area (TPSA) is 378 Å². The molecule has 4 aromatic heterocycles. The molecule has 0 radical (unpaired) electrons. The van der Waals surface area contributed by atoms with Crippen molar-refractivity contribution >= 4 is 56.0 Å². The third kappa shape index (κ3) is 11.0. The second kappa shape index (κ2) is 19.5. The van der Waals surface area contributed by atoms with Crippen molar-refractivity contribution in [3.05, 3.63) is 95.3 Å². The lowest BCUT2D eigenvalue weighted by molar-refractivity contribution is -0.121. The molecule has 7 rings (SSSR count). The molecule has 65 heavy (non-hydrogen) atoms. The third-order valence-electron chi connectivity index (χ3n) is 9.77. The predicted molar refractivity (Wildman–Crippen MR) is 218 cm³/mol. The van der Waals surface area contributed by atoms with Crippen LogP contribution in [0.25, 0.3) is 27.3 Å². The monoisotopic (exact) mass is 943 g/mol. The van der Waals surface area contributed by atoms with Crippen LogP contribution in [0.15, 0.2) is 71.0 Å². The SMILES string of the molecule is [C-]#[N+]c1ccc(-c2oc(CNC(=O)CCC=C)nc2C(=O)O[C@@H]2C(O)[C@H](n3cnc4c(N)ncnc43)O[C@@H]2COP(=O)(O)O[C@@H]2C[C@H](n3ccc(N)nc3=O)O[C@@H]2COP(=O)(O)O)cc1. The van der Waals surface area contributed by atoms with Crippen LogP contribution < -0.4 is 22.5 Å². The van der Waals surface area contributed by atoms with Crippen molar-refractivity contribution < 1.29 is 70.7 Å². The Balaban J connectivity index is 1.15. The van der Waals surface area contributed by atoms with E-state index in [1.807, 2.05) is 0 Å². The van der Waals surface area contributed by atoms with Gasteiger partial charge in [0.1, 0.15) is 48.3 Å². The summed E-state index contributed by atoms with van der Waals surface area (Å²) < 4.78 is 66.2. The van der Waals surface area contributed by atoms with Gasteiger partial charge in [-0.2, -0.15) is 4.98 Å². The maximum Gasteiger partial charge on any atom is 0.472 e. The maximum atomic E-state index is 14.1. The zero-order valence-electron chi connectivity index (χ0n) is 33.5. The van der Waals surface area contributed by atoms with E-state index >= 15 is 0 Å². The first-order valence-corrected chi connectivity index (χ1v) is 22.1. The van der Waals surface area contributed by atoms with Crippen LogP contribution in [0.4, 0.5) is 17.3 Å². The molecule has 344 valence electrons. The summed E-state index contributed by atoms with van der Waals surface area (Å²) in [5.41, 5.74) is 11.0. The average Bonchev–Trinajstić information content (AvgIpc) is 4.05. The molecule has 8 atom stereocenters. The van der Waals surface area contributed by atoms with Gasteiger partial charge in [-0.15, -0.1) is 6.58 Å². The number of carbonyl (C=O) groups excluding carboxylic acids is 2. The first kappa shape index (κ1) is 46.7. The summed E-state index contributed by atoms with van der Waals surface area (Å²) in [4.78, 5) is 92.2. The molecule has 2 saturated heterocycles. The Morgan fingerprint density at radius 1 is 1.03 bits per heavy atom. The van der Waals surface area contributed by atoms with E-state index in [-0.39, 0.29) is 71.0 Å². The van der Waals surface area contributed by atoms with Crippen molar-refractivity contribution in [2.24, 2.45) is 0 Å². The van der Waals surface area contributed by atoms with Gasteiger partial charge in [0.2, 0.25) is 11.8 Å². The lowest BCUT2D eigenvalue weighted by atomic mass is 10.1. The van der Waals surface area contributed by atoms with E-state index in [1.54, 1.807) is 6.08 Å². The van der Waals surface area contributed by atoms with E-state index < -0.39 is 89.2 Å². The summed E-state index contributed by atoms with van der Waals surface area (Å²) >= 11 is 0. The molecule has 0 aliphatic carbocycles. The molecule has 9 N–H and O–H groups in total. The number of allylic oxidation sites excluding steroid dienone is 1. The number of ether oxygens (including phenoxy) is 3. The van der Waals surface area contributed by atoms with Gasteiger partial charge in [0.05, 0.1) is 32.7 Å². The number of oxazole rings is 1. The number of nitrogens with two attached hydrogens (primary N) is 2. The Morgan fingerprint density at radius 3 is 2.49 bits per heavy atom. The minimum Gasteiger partial charge on any atom is -0.452 e. The average molecular weight is 944 g/mol. The molecule has 1 amide bonds. The van der Waals surface area contributed by atoms with Crippen LogP contribution in [0.1, 0.15) is 48.1 Å². The number of nitrogens with one attached hydrogen (secondary N) is 1. The number of nitrogens with zero attached hydrogens (tertiary/aromatic N) is 8. The van der Waals surface area contributed by atoms with E-state index in [1.165, 1.54) is 47.4 Å². The fourth-order valence-corrected chi connectivity index (χ4v) is 8.04. The molecule has 2 aliphatic heterocycles. The number of phosphoric acid groups is 2. The standard InChI is InChI=1S/C36H39N11O16P2/c1-3-4-5-24(48)40-13-25-45-27(30(61-25)18-6-8-19(39-2)9-7-18)35(50)62-31-22(60-34(29(31)49)47-17-43-28-32(38)41-16-42-33(28)47)15-58-65(55,56)63-20-12-26(46-11-10-23(37)44-36(46)51)59-21(20)14-57-64(52,53)54/h3,6-11,16-17,20-22,26,29,31,34,49H,1,4-5,12-15H2,(H,40,48)(H,55,56)(H2,37,44,51)(H2,38,41,42)(H2,52,53,54)/t20-,21-,22-,26-,29?,31+,34-/m1/s1. The molecule has 2 aliphatic rings. The highest BCUT2D eigenvalue weighted by atomic mass is 31.2. The first-order chi connectivity index (χ1) is 30.9. The number of nitrogen functional groups attached to an aromatic ring is 2. The van der Waals surface area contributed by atoms with Gasteiger partial charge in [-0.25, -0.2) is 43.5 Å². The van der Waals surface area contributed by atoms with Crippen LogP contribution in [0.3, 0.4) is 0 Å². The number of anilines is 2. The summed E-state index contributed by atoms with van der Waals surface area (Å²) in [6, 6.07) is 7.16. The lowest BCUT2D eigenvalue weighted by Gasteiger charge is -2.23. The van der Waals surface area contributed by atoms with E-state index in [2.05, 4.69) is 46.2 Å². The number of hydrogen-bond donors (Lipinski definition) is 7. The zero-order valence-corrected chi connectivity index (χ0v) is 35.3. The fraction of sp³-hybridized carbons (Fsp3) is 0.361. The normalized spacial score (nSPS) is 22.9. The number of aliphatic hydroxyl groups excluding tert-OH is 1. The summed E-state index contributed by atoms with van der Waals surface area (Å²) in [5, 5.41) is 14.4. The maximum absolute atomic E-state index is 14.1. The summed E-state index contributed by atoms with van der Waals surface area (Å²) in [6.45, 7) is 8.84. The van der Waals surface area contributed by atoms with Gasteiger partial charge in [-0.1, -0.05) is 30.3 Å². The largest absolute Gasteiger partial charge is 0.472 e. The number of fused-ring (bicyclic) bond motifs is 1. The number of aliphatic hydroxyl groups is 1. The van der Waals surface area contributed by atoms with E-state index in [4.69, 9.17) is 45.7 Å². The molecular weight excluding hydrogens is 904 g/mol. The smallest absolute Gasteiger partial charge is 0.452 e. The molecule has 5 aromatic rings. The van der Waals surface area contributed by atoms with Gasteiger partial charge in [-0.3, -0.25) is 27.5 Å². The highest BCUT2D eigenvalue weighted by Gasteiger charge is 2.50. The molecule has 6 heterocycles. The zero-order chi connectivity index (χ0) is 46.6. The number of aromatic nitrogens is 7. The Hall–Kier alpha value is -6.27. The molecule has 1 aromatic carbocycles. The number of rotatable bonds is 18. The fourth-order valence-electron chi connectivity index (χ4n) is 6.74. The summed E-state index contributed by atoms with van der Waals surface area (Å²) in [5.74, 6) is -1.94. The van der Waals surface area contributed by atoms with Crippen LogP contribution in [0, 0.1) is 6.57 Å². The van der Waals surface area contributed by atoms with E-state index in [9.17, 15) is 43.3 Å². The van der Waals surface area contributed by atoms with Gasteiger partial charge in [0.15, 0.2) is 40.9 Å². The van der Waals surface area contributed by atoms with Crippen molar-refractivity contribution in [1.82, 2.24) is 39.4 Å². The molecule has 0 spiro atoms. The minimum absolute atomic E-state index is 0.0154. The highest BCUT2D eigenvalue weighted by molar-refractivity contribution is 7.47. The van der Waals surface area contributed by atoms with Crippen molar-refractivity contribution in [3.8, 4) is 11.3 Å². The van der Waals surface area contributed by atoms with Gasteiger partial charge in [-0.05, 0) is 12.5 Å². The van der Waals surface area contributed by atoms with Crippen molar-refractivity contribution in [2.45, 2.75) is 68.8 Å².